The van der Waals surface area contributed by atoms with Crippen LogP contribution in [0.15, 0.2) is 59.6 Å². The third kappa shape index (κ3) is 9.06. The van der Waals surface area contributed by atoms with E-state index in [0.717, 1.165) is 37.1 Å². The predicted octanol–water partition coefficient (Wildman–Crippen LogP) is 2.80. The third-order valence-electron chi connectivity index (χ3n) is 7.06. The average molecular weight is 523 g/mol. The molecular formula is C29H42N6O3. The highest BCUT2D eigenvalue weighted by Gasteiger charge is 2.33. The van der Waals surface area contributed by atoms with Gasteiger partial charge in [-0.15, -0.1) is 0 Å². The number of aliphatic imine (C=N–C) groups is 1. The number of carbonyl (C=O) groups excluding carboxylic acids is 2. The van der Waals surface area contributed by atoms with Crippen LogP contribution in [0.1, 0.15) is 62.6 Å². The fourth-order valence-corrected chi connectivity index (χ4v) is 5.02. The molecule has 1 aliphatic rings. The van der Waals surface area contributed by atoms with Gasteiger partial charge in [-0.2, -0.15) is 0 Å². The van der Waals surface area contributed by atoms with Gasteiger partial charge in [0.25, 0.3) is 0 Å². The summed E-state index contributed by atoms with van der Waals surface area (Å²) in [7, 11) is 0. The Morgan fingerprint density at radius 3 is 2.37 bits per heavy atom. The molecule has 206 valence electrons. The minimum atomic E-state index is -0.738. The van der Waals surface area contributed by atoms with Gasteiger partial charge in [-0.05, 0) is 68.0 Å². The van der Waals surface area contributed by atoms with Gasteiger partial charge in [-0.25, -0.2) is 0 Å². The van der Waals surface area contributed by atoms with Crippen LogP contribution >= 0.6 is 0 Å². The van der Waals surface area contributed by atoms with Gasteiger partial charge in [0.15, 0.2) is 5.96 Å². The molecule has 1 heterocycles. The highest BCUT2D eigenvalue weighted by molar-refractivity contribution is 5.90. The van der Waals surface area contributed by atoms with E-state index in [1.165, 1.54) is 12.8 Å². The zero-order valence-corrected chi connectivity index (χ0v) is 22.3. The number of nitrogens with zero attached hydrogens (tertiary/aromatic N) is 2. The van der Waals surface area contributed by atoms with E-state index in [9.17, 15) is 14.7 Å². The van der Waals surface area contributed by atoms with Gasteiger partial charge < -0.3 is 27.2 Å². The predicted molar refractivity (Wildman–Crippen MR) is 150 cm³/mol. The van der Waals surface area contributed by atoms with Crippen LogP contribution in [0.25, 0.3) is 0 Å². The first-order valence-electron chi connectivity index (χ1n) is 13.6. The highest BCUT2D eigenvalue weighted by Crippen LogP contribution is 2.29. The first-order valence-corrected chi connectivity index (χ1v) is 13.6. The summed E-state index contributed by atoms with van der Waals surface area (Å²) in [5.41, 5.74) is 12.7. The van der Waals surface area contributed by atoms with E-state index in [2.05, 4.69) is 27.4 Å². The van der Waals surface area contributed by atoms with E-state index in [1.807, 2.05) is 30.3 Å². The lowest BCUT2D eigenvalue weighted by molar-refractivity contribution is -0.133. The van der Waals surface area contributed by atoms with E-state index in [4.69, 9.17) is 11.5 Å². The number of phenolic OH excluding ortho intramolecular Hbond substituents is 1. The lowest BCUT2D eigenvalue weighted by atomic mass is 9.90. The smallest absolute Gasteiger partial charge is 0.242 e. The number of amides is 2. The largest absolute Gasteiger partial charge is 0.508 e. The van der Waals surface area contributed by atoms with E-state index in [-0.39, 0.29) is 30.1 Å². The van der Waals surface area contributed by atoms with E-state index in [1.54, 1.807) is 24.3 Å². The molecule has 0 saturated carbocycles. The van der Waals surface area contributed by atoms with Gasteiger partial charge in [0.05, 0.1) is 0 Å². The number of benzene rings is 2. The number of likely N-dealkylation sites (tertiary alicyclic amines) is 1. The molecule has 38 heavy (non-hydrogen) atoms. The molecule has 0 unspecified atom stereocenters. The first-order chi connectivity index (χ1) is 18.4. The molecule has 3 rings (SSSR count). The van der Waals surface area contributed by atoms with Crippen molar-refractivity contribution in [1.29, 1.82) is 0 Å². The Hall–Kier alpha value is -3.59. The monoisotopic (exact) mass is 522 g/mol. The summed E-state index contributed by atoms with van der Waals surface area (Å²) in [6, 6.07) is 15.2. The Kier molecular flexibility index (Phi) is 11.4. The van der Waals surface area contributed by atoms with Crippen LogP contribution in [-0.4, -0.2) is 53.5 Å². The number of nitrogens with one attached hydrogen (secondary N) is 2. The van der Waals surface area contributed by atoms with E-state index < -0.39 is 12.1 Å². The van der Waals surface area contributed by atoms with Crippen LogP contribution in [0, 0.1) is 5.92 Å². The minimum absolute atomic E-state index is 0.00187. The van der Waals surface area contributed by atoms with Crippen molar-refractivity contribution in [3.05, 3.63) is 65.7 Å². The second-order valence-corrected chi connectivity index (χ2v) is 9.98. The highest BCUT2D eigenvalue weighted by atomic mass is 16.3. The van der Waals surface area contributed by atoms with E-state index >= 15 is 0 Å². The lowest BCUT2D eigenvalue weighted by Crippen LogP contribution is -2.51. The Morgan fingerprint density at radius 1 is 1.05 bits per heavy atom. The number of rotatable bonds is 13. The molecule has 7 N–H and O–H groups in total. The van der Waals surface area contributed by atoms with Gasteiger partial charge in [-0.3, -0.25) is 19.5 Å². The molecule has 0 radical (unpaired) electrons. The molecule has 2 atom stereocenters. The fraction of sp³-hybridized carbons (Fsp3) is 0.483. The Morgan fingerprint density at radius 2 is 1.74 bits per heavy atom. The number of piperidine rings is 1. The quantitative estimate of drug-likeness (QED) is 0.155. The number of aromatic hydroxyl groups is 1. The van der Waals surface area contributed by atoms with Gasteiger partial charge in [0.1, 0.15) is 17.8 Å². The summed E-state index contributed by atoms with van der Waals surface area (Å²) < 4.78 is 0. The molecule has 1 fully saturated rings. The molecule has 1 saturated heterocycles. The lowest BCUT2D eigenvalue weighted by Gasteiger charge is -2.37. The molecule has 9 nitrogen and oxygen atoms in total. The van der Waals surface area contributed by atoms with Crippen LogP contribution in [0.5, 0.6) is 5.75 Å². The second kappa shape index (κ2) is 15.0. The molecule has 0 aromatic heterocycles. The summed E-state index contributed by atoms with van der Waals surface area (Å²) in [6.07, 6.45) is 5.46. The number of hydrogen-bond donors (Lipinski definition) is 5. The van der Waals surface area contributed by atoms with Crippen LogP contribution in [0.4, 0.5) is 0 Å². The first kappa shape index (κ1) is 29.0. The summed E-state index contributed by atoms with van der Waals surface area (Å²) >= 11 is 0. The van der Waals surface area contributed by atoms with Crippen molar-refractivity contribution < 1.29 is 14.7 Å². The Labute approximate surface area is 225 Å². The van der Waals surface area contributed by atoms with Gasteiger partial charge in [0, 0.05) is 13.1 Å². The molecular weight excluding hydrogens is 480 g/mol. The molecule has 2 aromatic rings. The summed E-state index contributed by atoms with van der Waals surface area (Å²) in [5, 5.41) is 15.5. The van der Waals surface area contributed by atoms with Gasteiger partial charge in [0.2, 0.25) is 11.8 Å². The number of hydrogen-bond acceptors (Lipinski definition) is 5. The number of guanidine groups is 1. The Balaban J connectivity index is 1.73. The maximum absolute atomic E-state index is 13.8. The number of phenols is 1. The third-order valence-corrected chi connectivity index (χ3v) is 7.06. The van der Waals surface area contributed by atoms with Crippen LogP contribution in [0.3, 0.4) is 0 Å². The molecule has 0 aliphatic carbocycles. The zero-order valence-electron chi connectivity index (χ0n) is 22.3. The molecule has 0 spiro atoms. The van der Waals surface area contributed by atoms with Crippen molar-refractivity contribution in [3.63, 3.8) is 0 Å². The standard InChI is InChI=1S/C29H42N6O3/c1-2-7-21-15-18-35(19-16-21)26(23-8-4-3-5-9-23)28(38)34-25(10-6-17-32-29(30)31)27(37)33-20-22-11-13-24(36)14-12-22/h3-5,8-9,11-14,21,25-26,36H,2,6-7,10,15-20H2,1H3,(H,33,37)(H,34,38)(H4,30,31,32)/t25-,26-/m1/s1. The summed E-state index contributed by atoms with van der Waals surface area (Å²) in [5.74, 6) is 0.402. The van der Waals surface area contributed by atoms with Crippen molar-refractivity contribution in [2.45, 2.75) is 64.1 Å². The molecule has 1 aliphatic heterocycles. The van der Waals surface area contributed by atoms with Crippen molar-refractivity contribution in [2.75, 3.05) is 19.6 Å². The van der Waals surface area contributed by atoms with Crippen molar-refractivity contribution >= 4 is 17.8 Å². The van der Waals surface area contributed by atoms with Crippen molar-refractivity contribution in [1.82, 2.24) is 15.5 Å². The topological polar surface area (TPSA) is 146 Å². The van der Waals surface area contributed by atoms with Gasteiger partial charge in [-0.1, -0.05) is 62.2 Å². The molecule has 0 bridgehead atoms. The summed E-state index contributed by atoms with van der Waals surface area (Å²) in [4.78, 5) is 33.3. The maximum Gasteiger partial charge on any atom is 0.242 e. The fourth-order valence-electron chi connectivity index (χ4n) is 5.02. The van der Waals surface area contributed by atoms with Gasteiger partial charge >= 0.3 is 0 Å². The number of nitrogens with two attached hydrogens (primary N) is 2. The molecule has 2 aromatic carbocycles. The van der Waals surface area contributed by atoms with E-state index in [0.29, 0.717) is 25.3 Å². The average Bonchev–Trinajstić information content (AvgIpc) is 2.91. The normalized spacial score (nSPS) is 15.8. The SMILES string of the molecule is CCCC1CCN([C@@H](C(=O)N[C@H](CCCN=C(N)N)C(=O)NCc2ccc(O)cc2)c2ccccc2)CC1. The van der Waals surface area contributed by atoms with Crippen LogP contribution in [0.2, 0.25) is 0 Å². The molecule has 2 amide bonds. The Bertz CT molecular complexity index is 1030. The number of carbonyl (C=O) groups is 2. The van der Waals surface area contributed by atoms with Crippen molar-refractivity contribution in [2.24, 2.45) is 22.4 Å². The van der Waals surface area contributed by atoms with Crippen LogP contribution in [-0.2, 0) is 16.1 Å². The minimum Gasteiger partial charge on any atom is -0.508 e. The molecule has 9 heteroatoms. The van der Waals surface area contributed by atoms with Crippen molar-refractivity contribution in [3.8, 4) is 5.75 Å². The maximum atomic E-state index is 13.8. The second-order valence-electron chi connectivity index (χ2n) is 9.98. The summed E-state index contributed by atoms with van der Waals surface area (Å²) in [6.45, 7) is 4.56. The van der Waals surface area contributed by atoms with Crippen LogP contribution < -0.4 is 22.1 Å². The zero-order chi connectivity index (χ0) is 27.3.